The first-order valence-electron chi connectivity index (χ1n) is 18.8. The number of benzene rings is 7. The molecule has 2 atom stereocenters. The summed E-state index contributed by atoms with van der Waals surface area (Å²) >= 11 is 0. The lowest BCUT2D eigenvalue weighted by atomic mass is 9.86. The second-order valence-corrected chi connectivity index (χ2v) is 14.3. The second-order valence-electron chi connectivity index (χ2n) is 14.3. The van der Waals surface area contributed by atoms with Gasteiger partial charge < -0.3 is 0 Å². The smallest absolute Gasteiger partial charge is 0.155 e. The number of fused-ring (bicyclic) bond motifs is 6. The van der Waals surface area contributed by atoms with E-state index in [9.17, 15) is 0 Å². The van der Waals surface area contributed by atoms with Gasteiger partial charge in [-0.05, 0) is 102 Å². The van der Waals surface area contributed by atoms with Gasteiger partial charge in [-0.15, -0.1) is 0 Å². The molecule has 0 fully saturated rings. The molecule has 7 aromatic carbocycles. The molecule has 2 heterocycles. The van der Waals surface area contributed by atoms with Crippen LogP contribution >= 0.6 is 0 Å². The van der Waals surface area contributed by atoms with Crippen LogP contribution in [0.2, 0.25) is 0 Å². The maximum absolute atomic E-state index is 5.36. The third kappa shape index (κ3) is 5.94. The Morgan fingerprint density at radius 3 is 1.85 bits per heavy atom. The third-order valence-corrected chi connectivity index (χ3v) is 11.0. The normalized spacial score (nSPS) is 17.0. The van der Waals surface area contributed by atoms with E-state index in [-0.39, 0.29) is 12.0 Å². The quantitative estimate of drug-likeness (QED) is 0.160. The molecule has 3 heteroatoms. The maximum atomic E-state index is 5.36. The topological polar surface area (TPSA) is 37.6 Å². The van der Waals surface area contributed by atoms with Gasteiger partial charge in [-0.25, -0.2) is 4.99 Å². The number of pyridine rings is 1. The van der Waals surface area contributed by atoms with Gasteiger partial charge in [0.15, 0.2) is 5.84 Å². The molecule has 2 aliphatic rings. The van der Waals surface area contributed by atoms with E-state index in [1.54, 1.807) is 0 Å². The van der Waals surface area contributed by atoms with Gasteiger partial charge >= 0.3 is 0 Å². The monoisotopic (exact) mass is 691 g/mol. The van der Waals surface area contributed by atoms with Crippen molar-refractivity contribution >= 4 is 43.9 Å². The van der Waals surface area contributed by atoms with Gasteiger partial charge in [-0.1, -0.05) is 152 Å². The summed E-state index contributed by atoms with van der Waals surface area (Å²) in [5.41, 5.74) is 10.4. The molecular formula is C51H37N3. The van der Waals surface area contributed by atoms with Gasteiger partial charge in [0.2, 0.25) is 0 Å². The molecule has 3 nitrogen and oxygen atoms in total. The molecule has 1 aliphatic carbocycles. The van der Waals surface area contributed by atoms with Crippen LogP contribution < -0.4 is 0 Å². The molecule has 0 radical (unpaired) electrons. The van der Waals surface area contributed by atoms with Crippen LogP contribution in [0.15, 0.2) is 204 Å². The Kier molecular flexibility index (Phi) is 8.11. The van der Waals surface area contributed by atoms with Crippen molar-refractivity contribution < 1.29 is 0 Å². The molecule has 0 amide bonds. The average Bonchev–Trinajstić information content (AvgIpc) is 3.27. The summed E-state index contributed by atoms with van der Waals surface area (Å²) in [4.78, 5) is 15.0. The van der Waals surface area contributed by atoms with Crippen molar-refractivity contribution in [2.75, 3.05) is 0 Å². The Hall–Kier alpha value is -6.71. The molecule has 0 N–H and O–H groups in total. The van der Waals surface area contributed by atoms with Gasteiger partial charge in [-0.2, -0.15) is 0 Å². The Bertz CT molecular complexity index is 2790. The minimum Gasteiger partial charge on any atom is -0.264 e. The summed E-state index contributed by atoms with van der Waals surface area (Å²) in [7, 11) is 0. The zero-order chi connectivity index (χ0) is 35.8. The number of rotatable bonds is 6. The van der Waals surface area contributed by atoms with E-state index in [4.69, 9.17) is 9.98 Å². The molecule has 0 bridgehead atoms. The van der Waals surface area contributed by atoms with Gasteiger partial charge in [0.25, 0.3) is 0 Å². The van der Waals surface area contributed by atoms with Crippen molar-refractivity contribution in [3.05, 3.63) is 211 Å². The Morgan fingerprint density at radius 1 is 0.481 bits per heavy atom. The fourth-order valence-corrected chi connectivity index (χ4v) is 8.25. The minimum absolute atomic E-state index is 0.0693. The van der Waals surface area contributed by atoms with Crippen molar-refractivity contribution in [2.24, 2.45) is 9.98 Å². The number of allylic oxidation sites excluding steroid dienone is 2. The van der Waals surface area contributed by atoms with Crippen molar-refractivity contribution in [1.29, 1.82) is 0 Å². The summed E-state index contributed by atoms with van der Waals surface area (Å²) in [6.07, 6.45) is 12.3. The second kappa shape index (κ2) is 13.7. The molecule has 1 aromatic heterocycles. The van der Waals surface area contributed by atoms with E-state index < -0.39 is 0 Å². The van der Waals surface area contributed by atoms with E-state index in [0.29, 0.717) is 0 Å². The Labute approximate surface area is 315 Å². The van der Waals surface area contributed by atoms with E-state index in [2.05, 4.69) is 175 Å². The highest BCUT2D eigenvalue weighted by Crippen LogP contribution is 2.39. The van der Waals surface area contributed by atoms with E-state index in [1.165, 1.54) is 54.6 Å². The molecule has 0 saturated carbocycles. The molecule has 2 unspecified atom stereocenters. The van der Waals surface area contributed by atoms with E-state index in [1.807, 2.05) is 18.5 Å². The number of aliphatic imine (C=N–C) groups is 2. The fourth-order valence-electron chi connectivity index (χ4n) is 8.25. The van der Waals surface area contributed by atoms with Crippen molar-refractivity contribution in [3.8, 4) is 22.3 Å². The van der Waals surface area contributed by atoms with Crippen LogP contribution in [0.4, 0.5) is 0 Å². The first-order valence-corrected chi connectivity index (χ1v) is 18.8. The van der Waals surface area contributed by atoms with Gasteiger partial charge in [0.1, 0.15) is 0 Å². The summed E-state index contributed by atoms with van der Waals surface area (Å²) in [6.45, 7) is 0. The number of nitrogens with zero attached hydrogens (tertiary/aromatic N) is 3. The standard InChI is InChI=1S/C51H37N3/c1-2-11-34(12-3-1)37-13-8-15-40(29-37)49-32-50(41-16-9-14-38(30-41)42-17-10-28-52-33-42)54-51(53-49)36-24-22-35(23-25-36)39-26-27-47-45-20-5-4-18-43(45)44-19-6-7-21-46(44)48(47)31-39/h1-22,24-31,33,35,50H,23,32H2. The third-order valence-electron chi connectivity index (χ3n) is 11.0. The van der Waals surface area contributed by atoms with E-state index >= 15 is 0 Å². The number of aromatic nitrogens is 1. The largest absolute Gasteiger partial charge is 0.264 e. The predicted octanol–water partition coefficient (Wildman–Crippen LogP) is 12.9. The highest BCUT2D eigenvalue weighted by Gasteiger charge is 2.24. The van der Waals surface area contributed by atoms with Crippen LogP contribution in [0, 0.1) is 0 Å². The lowest BCUT2D eigenvalue weighted by molar-refractivity contribution is 0.753. The van der Waals surface area contributed by atoms with Gasteiger partial charge in [-0.3, -0.25) is 9.98 Å². The predicted molar refractivity (Wildman–Crippen MR) is 226 cm³/mol. The van der Waals surface area contributed by atoms with Crippen LogP contribution in [0.25, 0.3) is 54.6 Å². The Morgan fingerprint density at radius 2 is 1.13 bits per heavy atom. The molecule has 10 rings (SSSR count). The fraction of sp³-hybridized carbons (Fsp3) is 0.0784. The molecule has 8 aromatic rings. The van der Waals surface area contributed by atoms with Crippen molar-refractivity contribution in [3.63, 3.8) is 0 Å². The summed E-state index contributed by atoms with van der Waals surface area (Å²) in [6, 6.07) is 56.7. The molecule has 0 spiro atoms. The van der Waals surface area contributed by atoms with Crippen LogP contribution in [0.1, 0.15) is 41.5 Å². The van der Waals surface area contributed by atoms with Crippen molar-refractivity contribution in [1.82, 2.24) is 4.98 Å². The molecular weight excluding hydrogens is 655 g/mol. The maximum Gasteiger partial charge on any atom is 0.155 e. The summed E-state index contributed by atoms with van der Waals surface area (Å²) in [5, 5.41) is 7.83. The Balaban J connectivity index is 1.01. The molecule has 54 heavy (non-hydrogen) atoms. The van der Waals surface area contributed by atoms with Crippen LogP contribution in [-0.2, 0) is 0 Å². The van der Waals surface area contributed by atoms with Crippen molar-refractivity contribution in [2.45, 2.75) is 24.8 Å². The highest BCUT2D eigenvalue weighted by atomic mass is 15.0. The average molecular weight is 692 g/mol. The summed E-state index contributed by atoms with van der Waals surface area (Å²) < 4.78 is 0. The first kappa shape index (κ1) is 32.0. The zero-order valence-electron chi connectivity index (χ0n) is 29.8. The lowest BCUT2D eigenvalue weighted by Crippen LogP contribution is -2.18. The SMILES string of the molecule is C1=CC(c2ccc3c4ccccc4c4ccccc4c3c2)CC=C1C1=NC(c2cccc(-c3cccnc3)c2)CC(c2cccc(-c3ccccc3)c2)=N1. The first-order chi connectivity index (χ1) is 26.7. The number of hydrogen-bond acceptors (Lipinski definition) is 3. The molecule has 0 saturated heterocycles. The number of amidine groups is 1. The molecule has 256 valence electrons. The zero-order valence-corrected chi connectivity index (χ0v) is 29.8. The van der Waals surface area contributed by atoms with Crippen LogP contribution in [0.3, 0.4) is 0 Å². The minimum atomic E-state index is -0.0693. The van der Waals surface area contributed by atoms with Gasteiger partial charge in [0.05, 0.1) is 11.8 Å². The summed E-state index contributed by atoms with van der Waals surface area (Å²) in [5.74, 6) is 1.06. The van der Waals surface area contributed by atoms with Gasteiger partial charge in [0, 0.05) is 30.3 Å². The number of hydrogen-bond donors (Lipinski definition) is 0. The van der Waals surface area contributed by atoms with E-state index in [0.717, 1.165) is 46.7 Å². The highest BCUT2D eigenvalue weighted by molar-refractivity contribution is 6.25. The molecule has 1 aliphatic heterocycles. The van der Waals surface area contributed by atoms with Crippen LogP contribution in [0.5, 0.6) is 0 Å². The van der Waals surface area contributed by atoms with Crippen LogP contribution in [-0.4, -0.2) is 16.5 Å². The lowest BCUT2D eigenvalue weighted by Gasteiger charge is -2.24.